The first-order valence-corrected chi connectivity index (χ1v) is 4.23. The summed E-state index contributed by atoms with van der Waals surface area (Å²) in [6, 6.07) is 3.67. The largest absolute Gasteiger partial charge is 0.381 e. The predicted molar refractivity (Wildman–Crippen MR) is 52.7 cm³/mol. The van der Waals surface area contributed by atoms with E-state index >= 15 is 0 Å². The molecule has 0 aliphatic heterocycles. The Hall–Kier alpha value is -1.62. The summed E-state index contributed by atoms with van der Waals surface area (Å²) in [5, 5.41) is 11.9. The van der Waals surface area contributed by atoms with Crippen molar-refractivity contribution in [2.45, 2.75) is 13.0 Å². The zero-order chi connectivity index (χ0) is 10.6. The Kier molecular flexibility index (Phi) is 3.41. The molecule has 0 aliphatic rings. The van der Waals surface area contributed by atoms with Gasteiger partial charge in [0.2, 0.25) is 5.91 Å². The van der Waals surface area contributed by atoms with Crippen molar-refractivity contribution in [3.8, 4) is 0 Å². The number of pyridine rings is 1. The SMILES string of the molecule is Cc1ccnc(NCC(O)C(N)=O)c1. The third kappa shape index (κ3) is 3.02. The Morgan fingerprint density at radius 2 is 2.50 bits per heavy atom. The van der Waals surface area contributed by atoms with Crippen LogP contribution in [0, 0.1) is 6.92 Å². The lowest BCUT2D eigenvalue weighted by molar-refractivity contribution is -0.125. The lowest BCUT2D eigenvalue weighted by Crippen LogP contribution is -2.34. The van der Waals surface area contributed by atoms with Gasteiger partial charge in [-0.15, -0.1) is 0 Å². The number of hydrogen-bond acceptors (Lipinski definition) is 4. The quantitative estimate of drug-likeness (QED) is 0.612. The molecule has 0 fully saturated rings. The van der Waals surface area contributed by atoms with E-state index in [2.05, 4.69) is 10.3 Å². The van der Waals surface area contributed by atoms with Gasteiger partial charge in [-0.2, -0.15) is 0 Å². The number of nitrogens with two attached hydrogens (primary N) is 1. The van der Waals surface area contributed by atoms with Crippen LogP contribution >= 0.6 is 0 Å². The Morgan fingerprint density at radius 3 is 3.07 bits per heavy atom. The van der Waals surface area contributed by atoms with E-state index in [9.17, 15) is 4.79 Å². The zero-order valence-electron chi connectivity index (χ0n) is 7.90. The van der Waals surface area contributed by atoms with Crippen molar-refractivity contribution in [1.82, 2.24) is 4.98 Å². The topological polar surface area (TPSA) is 88.2 Å². The van der Waals surface area contributed by atoms with Gasteiger partial charge in [-0.1, -0.05) is 0 Å². The van der Waals surface area contributed by atoms with Gasteiger partial charge in [0.1, 0.15) is 11.9 Å². The number of anilines is 1. The highest BCUT2D eigenvalue weighted by Gasteiger charge is 2.09. The Balaban J connectivity index is 2.49. The number of aryl methyl sites for hydroxylation is 1. The Bertz CT molecular complexity index is 328. The smallest absolute Gasteiger partial charge is 0.248 e. The van der Waals surface area contributed by atoms with E-state index in [-0.39, 0.29) is 6.54 Å². The van der Waals surface area contributed by atoms with Gasteiger partial charge < -0.3 is 16.2 Å². The maximum absolute atomic E-state index is 10.5. The van der Waals surface area contributed by atoms with Crippen molar-refractivity contribution in [3.63, 3.8) is 0 Å². The van der Waals surface area contributed by atoms with Gasteiger partial charge in [0.25, 0.3) is 0 Å². The number of hydrogen-bond donors (Lipinski definition) is 3. The molecule has 1 heterocycles. The molecular weight excluding hydrogens is 182 g/mol. The minimum Gasteiger partial charge on any atom is -0.381 e. The molecule has 5 nitrogen and oxygen atoms in total. The number of nitrogens with one attached hydrogen (secondary N) is 1. The van der Waals surface area contributed by atoms with Crippen LogP contribution in [0.2, 0.25) is 0 Å². The summed E-state index contributed by atoms with van der Waals surface area (Å²) in [6.07, 6.45) is 0.464. The molecular formula is C9H13N3O2. The van der Waals surface area contributed by atoms with Gasteiger partial charge in [0.05, 0.1) is 6.54 Å². The third-order valence-corrected chi connectivity index (χ3v) is 1.72. The monoisotopic (exact) mass is 195 g/mol. The molecule has 4 N–H and O–H groups in total. The molecule has 1 rings (SSSR count). The summed E-state index contributed by atoms with van der Waals surface area (Å²) >= 11 is 0. The van der Waals surface area contributed by atoms with Crippen LogP contribution in [-0.4, -0.2) is 28.6 Å². The second-order valence-corrected chi connectivity index (χ2v) is 3.02. The third-order valence-electron chi connectivity index (χ3n) is 1.72. The molecule has 1 amide bonds. The van der Waals surface area contributed by atoms with Crippen LogP contribution in [0.3, 0.4) is 0 Å². The molecule has 1 aromatic rings. The van der Waals surface area contributed by atoms with E-state index < -0.39 is 12.0 Å². The minimum atomic E-state index is -1.18. The molecule has 14 heavy (non-hydrogen) atoms. The van der Waals surface area contributed by atoms with Crippen molar-refractivity contribution in [1.29, 1.82) is 0 Å². The normalized spacial score (nSPS) is 12.1. The van der Waals surface area contributed by atoms with Crippen LogP contribution in [0.4, 0.5) is 5.82 Å². The average Bonchev–Trinajstić information content (AvgIpc) is 2.14. The van der Waals surface area contributed by atoms with Crippen LogP contribution in [0.25, 0.3) is 0 Å². The second-order valence-electron chi connectivity index (χ2n) is 3.02. The summed E-state index contributed by atoms with van der Waals surface area (Å²) in [5.74, 6) is -0.129. The molecule has 0 saturated heterocycles. The molecule has 0 aromatic carbocycles. The zero-order valence-corrected chi connectivity index (χ0v) is 7.90. The molecule has 0 saturated carbocycles. The van der Waals surface area contributed by atoms with Crippen molar-refractivity contribution in [2.24, 2.45) is 5.73 Å². The van der Waals surface area contributed by atoms with E-state index in [0.29, 0.717) is 5.82 Å². The molecule has 5 heteroatoms. The number of nitrogens with zero attached hydrogens (tertiary/aromatic N) is 1. The fourth-order valence-corrected chi connectivity index (χ4v) is 0.935. The van der Waals surface area contributed by atoms with Crippen LogP contribution in [0.1, 0.15) is 5.56 Å². The van der Waals surface area contributed by atoms with Crippen molar-refractivity contribution in [3.05, 3.63) is 23.9 Å². The van der Waals surface area contributed by atoms with Gasteiger partial charge in [-0.3, -0.25) is 4.79 Å². The number of carbonyl (C=O) groups excluding carboxylic acids is 1. The van der Waals surface area contributed by atoms with E-state index in [1.807, 2.05) is 19.1 Å². The maximum Gasteiger partial charge on any atom is 0.248 e. The highest BCUT2D eigenvalue weighted by molar-refractivity contribution is 5.79. The van der Waals surface area contributed by atoms with Gasteiger partial charge in [-0.05, 0) is 24.6 Å². The van der Waals surface area contributed by atoms with Crippen LogP contribution in [-0.2, 0) is 4.79 Å². The number of primary amides is 1. The number of aromatic nitrogens is 1. The fourth-order valence-electron chi connectivity index (χ4n) is 0.935. The summed E-state index contributed by atoms with van der Waals surface area (Å²) in [5.41, 5.74) is 5.93. The molecule has 0 spiro atoms. The molecule has 0 aliphatic carbocycles. The van der Waals surface area contributed by atoms with E-state index in [0.717, 1.165) is 5.56 Å². The highest BCUT2D eigenvalue weighted by atomic mass is 16.3. The first-order chi connectivity index (χ1) is 6.59. The lowest BCUT2D eigenvalue weighted by atomic mass is 10.3. The van der Waals surface area contributed by atoms with Crippen molar-refractivity contribution < 1.29 is 9.90 Å². The number of rotatable bonds is 4. The number of carbonyl (C=O) groups is 1. The summed E-state index contributed by atoms with van der Waals surface area (Å²) in [4.78, 5) is 14.5. The molecule has 1 aromatic heterocycles. The van der Waals surface area contributed by atoms with E-state index in [4.69, 9.17) is 10.8 Å². The molecule has 1 unspecified atom stereocenters. The van der Waals surface area contributed by atoms with E-state index in [1.54, 1.807) is 6.20 Å². The summed E-state index contributed by atoms with van der Waals surface area (Å²) < 4.78 is 0. The molecule has 1 atom stereocenters. The summed E-state index contributed by atoms with van der Waals surface area (Å²) in [6.45, 7) is 2.00. The van der Waals surface area contributed by atoms with Gasteiger partial charge in [0, 0.05) is 6.20 Å². The van der Waals surface area contributed by atoms with Crippen molar-refractivity contribution in [2.75, 3.05) is 11.9 Å². The first-order valence-electron chi connectivity index (χ1n) is 4.23. The van der Waals surface area contributed by atoms with E-state index in [1.165, 1.54) is 0 Å². The first kappa shape index (κ1) is 10.5. The van der Waals surface area contributed by atoms with Gasteiger partial charge in [0.15, 0.2) is 0 Å². The fraction of sp³-hybridized carbons (Fsp3) is 0.333. The maximum atomic E-state index is 10.5. The van der Waals surface area contributed by atoms with Crippen molar-refractivity contribution >= 4 is 11.7 Å². The molecule has 0 bridgehead atoms. The second kappa shape index (κ2) is 4.57. The standard InChI is InChI=1S/C9H13N3O2/c1-6-2-3-11-8(4-6)12-5-7(13)9(10)14/h2-4,7,13H,5H2,1H3,(H2,10,14)(H,11,12). The summed E-state index contributed by atoms with van der Waals surface area (Å²) in [7, 11) is 0. The average molecular weight is 195 g/mol. The molecule has 76 valence electrons. The predicted octanol–water partition coefficient (Wildman–Crippen LogP) is -0.352. The number of aliphatic hydroxyl groups is 1. The molecule has 0 radical (unpaired) electrons. The van der Waals surface area contributed by atoms with Crippen LogP contribution in [0.15, 0.2) is 18.3 Å². The lowest BCUT2D eigenvalue weighted by Gasteiger charge is -2.08. The van der Waals surface area contributed by atoms with Gasteiger partial charge >= 0.3 is 0 Å². The van der Waals surface area contributed by atoms with Gasteiger partial charge in [-0.25, -0.2) is 4.98 Å². The van der Waals surface area contributed by atoms with Crippen LogP contribution in [0.5, 0.6) is 0 Å². The number of amides is 1. The Morgan fingerprint density at radius 1 is 1.79 bits per heavy atom. The number of aliphatic hydroxyl groups excluding tert-OH is 1. The highest BCUT2D eigenvalue weighted by Crippen LogP contribution is 2.04. The Labute approximate surface area is 82.0 Å². The minimum absolute atomic E-state index is 0.0752. The van der Waals surface area contributed by atoms with Crippen LogP contribution < -0.4 is 11.1 Å².